The normalized spacial score (nSPS) is 16.4. The van der Waals surface area contributed by atoms with Crippen LogP contribution in [0.1, 0.15) is 27.7 Å². The Kier molecular flexibility index (Phi) is 4.63. The van der Waals surface area contributed by atoms with Crippen LogP contribution in [0.3, 0.4) is 0 Å². The van der Waals surface area contributed by atoms with Crippen LogP contribution in [-0.2, 0) is 4.79 Å². The molecule has 4 aromatic rings. The molecule has 6 nitrogen and oxygen atoms in total. The van der Waals surface area contributed by atoms with Crippen LogP contribution < -0.4 is 4.90 Å². The minimum atomic E-state index is -1.06. The van der Waals surface area contributed by atoms with E-state index in [4.69, 9.17) is 4.42 Å². The molecule has 1 unspecified atom stereocenters. The van der Waals surface area contributed by atoms with Crippen LogP contribution in [0, 0.1) is 18.6 Å². The number of Topliss-reactive ketones (excluding diaryl/α,β-unsaturated/α-hetero) is 1. The smallest absolute Gasteiger partial charge is 0.296 e. The van der Waals surface area contributed by atoms with E-state index in [1.807, 2.05) is 13.0 Å². The number of aliphatic hydroxyl groups is 1. The van der Waals surface area contributed by atoms with E-state index in [1.165, 1.54) is 23.3 Å². The zero-order chi connectivity index (χ0) is 22.6. The van der Waals surface area contributed by atoms with E-state index in [-0.39, 0.29) is 22.0 Å². The van der Waals surface area contributed by atoms with E-state index in [9.17, 15) is 23.5 Å². The molecule has 2 aromatic heterocycles. The van der Waals surface area contributed by atoms with E-state index in [2.05, 4.69) is 4.98 Å². The second kappa shape index (κ2) is 7.38. The topological polar surface area (TPSA) is 83.6 Å². The SMILES string of the molecule is Cc1cccc(C2C(C(=O)c3ccco3)=C(O)C(=O)N2c2nc3cc(F)c(F)cc3s2)c1. The number of ketones is 1. The van der Waals surface area contributed by atoms with Gasteiger partial charge in [-0.15, -0.1) is 0 Å². The van der Waals surface area contributed by atoms with Crippen molar-refractivity contribution in [1.82, 2.24) is 4.98 Å². The number of amides is 1. The molecule has 0 fully saturated rings. The third kappa shape index (κ3) is 3.09. The van der Waals surface area contributed by atoms with Crippen molar-refractivity contribution in [2.45, 2.75) is 13.0 Å². The zero-order valence-corrected chi connectivity index (χ0v) is 17.3. The number of hydrogen-bond acceptors (Lipinski definition) is 6. The van der Waals surface area contributed by atoms with E-state index in [0.29, 0.717) is 10.3 Å². The van der Waals surface area contributed by atoms with Crippen LogP contribution in [0.4, 0.5) is 13.9 Å². The highest BCUT2D eigenvalue weighted by atomic mass is 32.1. The first-order chi connectivity index (χ1) is 15.3. The molecule has 0 radical (unpaired) electrons. The molecule has 0 saturated heterocycles. The van der Waals surface area contributed by atoms with Gasteiger partial charge in [0.15, 0.2) is 28.3 Å². The third-order valence-corrected chi connectivity index (χ3v) is 6.20. The molecule has 0 aliphatic carbocycles. The molecular formula is C23H14F2N2O4S. The number of thiazole rings is 1. The number of furan rings is 1. The molecule has 1 aliphatic heterocycles. The largest absolute Gasteiger partial charge is 0.503 e. The standard InChI is InChI=1S/C23H14F2N2O4S/c1-11-4-2-5-12(8-11)19-18(20(28)16-6-3-7-31-16)21(29)22(30)27(19)23-26-15-9-13(24)14(25)10-17(15)32-23/h2-10,19,29H,1H3. The number of carbonyl (C=O) groups excluding carboxylic acids is 2. The molecular weight excluding hydrogens is 438 g/mol. The molecule has 1 atom stereocenters. The predicted molar refractivity (Wildman–Crippen MR) is 114 cm³/mol. The number of halogens is 2. The van der Waals surface area contributed by atoms with Gasteiger partial charge in [-0.05, 0) is 30.7 Å². The van der Waals surface area contributed by atoms with Crippen molar-refractivity contribution in [1.29, 1.82) is 0 Å². The first-order valence-electron chi connectivity index (χ1n) is 9.52. The fourth-order valence-electron chi connectivity index (χ4n) is 3.75. The molecule has 3 heterocycles. The van der Waals surface area contributed by atoms with Gasteiger partial charge in [0.05, 0.1) is 28.1 Å². The number of fused-ring (bicyclic) bond motifs is 1. The summed E-state index contributed by atoms with van der Waals surface area (Å²) in [6.45, 7) is 1.85. The van der Waals surface area contributed by atoms with E-state index >= 15 is 0 Å². The lowest BCUT2D eigenvalue weighted by atomic mass is 9.94. The Hall–Kier alpha value is -3.85. The summed E-state index contributed by atoms with van der Waals surface area (Å²) in [6, 6.07) is 11.0. The summed E-state index contributed by atoms with van der Waals surface area (Å²) in [5.41, 5.74) is 1.44. The van der Waals surface area contributed by atoms with Crippen molar-refractivity contribution in [3.8, 4) is 0 Å². The summed E-state index contributed by atoms with van der Waals surface area (Å²) in [6.07, 6.45) is 1.32. The lowest BCUT2D eigenvalue weighted by Gasteiger charge is -2.24. The summed E-state index contributed by atoms with van der Waals surface area (Å²) in [5.74, 6) is -4.35. The summed E-state index contributed by atoms with van der Waals surface area (Å²) < 4.78 is 32.9. The molecule has 0 spiro atoms. The number of carbonyl (C=O) groups is 2. The van der Waals surface area contributed by atoms with Crippen molar-refractivity contribution in [2.24, 2.45) is 0 Å². The van der Waals surface area contributed by atoms with Crippen molar-refractivity contribution in [3.63, 3.8) is 0 Å². The van der Waals surface area contributed by atoms with Gasteiger partial charge >= 0.3 is 0 Å². The maximum Gasteiger partial charge on any atom is 0.296 e. The van der Waals surface area contributed by atoms with Crippen molar-refractivity contribution < 1.29 is 27.9 Å². The van der Waals surface area contributed by atoms with Gasteiger partial charge in [-0.3, -0.25) is 14.5 Å². The van der Waals surface area contributed by atoms with Gasteiger partial charge in [0.1, 0.15) is 0 Å². The van der Waals surface area contributed by atoms with Gasteiger partial charge in [-0.25, -0.2) is 13.8 Å². The maximum absolute atomic E-state index is 13.7. The Balaban J connectivity index is 1.70. The molecule has 32 heavy (non-hydrogen) atoms. The number of nitrogens with zero attached hydrogens (tertiary/aromatic N) is 2. The molecule has 0 bridgehead atoms. The second-order valence-electron chi connectivity index (χ2n) is 7.29. The fourth-order valence-corrected chi connectivity index (χ4v) is 4.74. The van der Waals surface area contributed by atoms with Crippen LogP contribution in [0.15, 0.2) is 70.5 Å². The van der Waals surface area contributed by atoms with Crippen molar-refractivity contribution in [2.75, 3.05) is 4.90 Å². The molecule has 160 valence electrons. The number of aromatic nitrogens is 1. The molecule has 5 rings (SSSR count). The van der Waals surface area contributed by atoms with Gasteiger partial charge in [-0.2, -0.15) is 0 Å². The molecule has 1 N–H and O–H groups in total. The number of anilines is 1. The number of benzene rings is 2. The predicted octanol–water partition coefficient (Wildman–Crippen LogP) is 5.26. The Morgan fingerprint density at radius 1 is 1.16 bits per heavy atom. The minimum absolute atomic E-state index is 0.0349. The van der Waals surface area contributed by atoms with Crippen molar-refractivity contribution in [3.05, 3.63) is 94.6 Å². The van der Waals surface area contributed by atoms with Crippen molar-refractivity contribution >= 4 is 38.4 Å². The number of hydrogen-bond donors (Lipinski definition) is 1. The fraction of sp³-hybridized carbons (Fsp3) is 0.0870. The van der Waals surface area contributed by atoms with Gasteiger partial charge in [0.2, 0.25) is 5.78 Å². The summed E-state index contributed by atoms with van der Waals surface area (Å²) in [5, 5.41) is 10.8. The first-order valence-corrected chi connectivity index (χ1v) is 10.3. The Morgan fingerprint density at radius 2 is 1.94 bits per heavy atom. The van der Waals surface area contributed by atoms with E-state index in [1.54, 1.807) is 18.2 Å². The lowest BCUT2D eigenvalue weighted by molar-refractivity contribution is -0.117. The zero-order valence-electron chi connectivity index (χ0n) is 16.5. The van der Waals surface area contributed by atoms with Gasteiger partial charge < -0.3 is 9.52 Å². The quantitative estimate of drug-likeness (QED) is 0.427. The Labute approximate surface area is 184 Å². The molecule has 0 saturated carbocycles. The van der Waals surface area contributed by atoms with Crippen LogP contribution >= 0.6 is 11.3 Å². The summed E-state index contributed by atoms with van der Waals surface area (Å²) in [4.78, 5) is 31.7. The molecule has 2 aromatic carbocycles. The second-order valence-corrected chi connectivity index (χ2v) is 8.30. The lowest BCUT2D eigenvalue weighted by Crippen LogP contribution is -2.31. The van der Waals surface area contributed by atoms with Crippen LogP contribution in [-0.4, -0.2) is 21.8 Å². The molecule has 1 amide bonds. The van der Waals surface area contributed by atoms with Gasteiger partial charge in [0.25, 0.3) is 5.91 Å². The van der Waals surface area contributed by atoms with E-state index in [0.717, 1.165) is 29.0 Å². The third-order valence-electron chi connectivity index (χ3n) is 5.18. The molecule has 9 heteroatoms. The van der Waals surface area contributed by atoms with E-state index < -0.39 is 35.1 Å². The number of aryl methyl sites for hydroxylation is 1. The highest BCUT2D eigenvalue weighted by molar-refractivity contribution is 7.22. The maximum atomic E-state index is 13.7. The van der Waals surface area contributed by atoms with Gasteiger partial charge in [-0.1, -0.05) is 41.2 Å². The average Bonchev–Trinajstić information content (AvgIpc) is 3.48. The average molecular weight is 452 g/mol. The summed E-state index contributed by atoms with van der Waals surface area (Å²) >= 11 is 0.952. The summed E-state index contributed by atoms with van der Waals surface area (Å²) in [7, 11) is 0. The number of aliphatic hydroxyl groups excluding tert-OH is 1. The van der Waals surface area contributed by atoms with Gasteiger partial charge in [0, 0.05) is 6.07 Å². The Bertz CT molecular complexity index is 1390. The highest BCUT2D eigenvalue weighted by Crippen LogP contribution is 2.44. The Morgan fingerprint density at radius 3 is 2.66 bits per heavy atom. The molecule has 1 aliphatic rings. The minimum Gasteiger partial charge on any atom is -0.503 e. The monoisotopic (exact) mass is 452 g/mol. The first kappa shape index (κ1) is 20.1. The van der Waals surface area contributed by atoms with Crippen LogP contribution in [0.25, 0.3) is 10.2 Å². The van der Waals surface area contributed by atoms with Crippen LogP contribution in [0.5, 0.6) is 0 Å². The number of rotatable bonds is 4. The van der Waals surface area contributed by atoms with Crippen LogP contribution in [0.2, 0.25) is 0 Å². The highest BCUT2D eigenvalue weighted by Gasteiger charge is 2.46.